The fraction of sp³-hybridized carbons (Fsp3) is 0.200. The van der Waals surface area contributed by atoms with Gasteiger partial charge in [-0.05, 0) is 5.56 Å². The average molecular weight is 190 g/mol. The minimum atomic E-state index is -0.520. The van der Waals surface area contributed by atoms with Crippen molar-refractivity contribution in [3.8, 4) is 0 Å². The Labute approximate surface area is 81.5 Å². The van der Waals surface area contributed by atoms with E-state index in [-0.39, 0.29) is 11.9 Å². The van der Waals surface area contributed by atoms with Crippen LogP contribution in [-0.2, 0) is 4.79 Å². The Morgan fingerprint density at radius 1 is 1.21 bits per heavy atom. The first kappa shape index (κ1) is 8.74. The lowest BCUT2D eigenvalue weighted by Gasteiger charge is -2.07. The number of carbonyl (C=O) groups excluding carboxylic acids is 2. The fourth-order valence-corrected chi connectivity index (χ4v) is 1.45. The van der Waals surface area contributed by atoms with Gasteiger partial charge < -0.3 is 5.32 Å². The van der Waals surface area contributed by atoms with E-state index in [0.717, 1.165) is 10.5 Å². The van der Waals surface area contributed by atoms with Crippen LogP contribution in [-0.4, -0.2) is 23.9 Å². The van der Waals surface area contributed by atoms with Crippen LogP contribution in [0.15, 0.2) is 30.3 Å². The van der Waals surface area contributed by atoms with Crippen molar-refractivity contribution < 1.29 is 9.59 Å². The van der Waals surface area contributed by atoms with Crippen LogP contribution in [0, 0.1) is 0 Å². The van der Waals surface area contributed by atoms with Gasteiger partial charge in [-0.25, -0.2) is 4.79 Å². The molecular weight excluding hydrogens is 180 g/mol. The quantitative estimate of drug-likeness (QED) is 0.669. The molecule has 0 bridgehead atoms. The van der Waals surface area contributed by atoms with E-state index in [0.29, 0.717) is 0 Å². The predicted octanol–water partition coefficient (Wildman–Crippen LogP) is 0.909. The Bertz CT molecular complexity index is 375. The van der Waals surface area contributed by atoms with Crippen LogP contribution in [0.5, 0.6) is 0 Å². The maximum absolute atomic E-state index is 11.6. The number of benzene rings is 1. The van der Waals surface area contributed by atoms with Crippen LogP contribution in [0.4, 0.5) is 4.79 Å². The molecular formula is C10H10N2O2. The highest BCUT2D eigenvalue weighted by Gasteiger charge is 2.35. The van der Waals surface area contributed by atoms with Gasteiger partial charge in [-0.3, -0.25) is 9.69 Å². The molecule has 0 spiro atoms. The van der Waals surface area contributed by atoms with Crippen molar-refractivity contribution in [1.29, 1.82) is 0 Å². The van der Waals surface area contributed by atoms with E-state index in [1.165, 1.54) is 7.05 Å². The molecule has 1 N–H and O–H groups in total. The Morgan fingerprint density at radius 3 is 2.36 bits per heavy atom. The summed E-state index contributed by atoms with van der Waals surface area (Å²) < 4.78 is 0. The number of rotatable bonds is 1. The summed E-state index contributed by atoms with van der Waals surface area (Å²) in [6, 6.07) is 8.33. The maximum Gasteiger partial charge on any atom is 0.324 e. The van der Waals surface area contributed by atoms with Gasteiger partial charge in [0.15, 0.2) is 0 Å². The van der Waals surface area contributed by atoms with E-state index in [1.807, 2.05) is 30.3 Å². The second kappa shape index (κ2) is 3.14. The van der Waals surface area contributed by atoms with E-state index < -0.39 is 6.04 Å². The number of urea groups is 1. The number of likely N-dealkylation sites (N-methyl/N-ethyl adjacent to an activating group) is 1. The van der Waals surface area contributed by atoms with Crippen molar-refractivity contribution in [2.24, 2.45) is 0 Å². The first-order valence-electron chi connectivity index (χ1n) is 4.33. The normalized spacial score (nSPS) is 21.2. The summed E-state index contributed by atoms with van der Waals surface area (Å²) in [5, 5.41) is 2.61. The Morgan fingerprint density at radius 2 is 1.86 bits per heavy atom. The Kier molecular flexibility index (Phi) is 1.96. The van der Waals surface area contributed by atoms with Gasteiger partial charge in [-0.1, -0.05) is 30.3 Å². The topological polar surface area (TPSA) is 49.4 Å². The molecule has 4 heteroatoms. The van der Waals surface area contributed by atoms with Crippen molar-refractivity contribution in [1.82, 2.24) is 10.2 Å². The Hall–Kier alpha value is -1.84. The summed E-state index contributed by atoms with van der Waals surface area (Å²) in [6.07, 6.45) is 0. The number of amides is 3. The molecule has 0 radical (unpaired) electrons. The van der Waals surface area contributed by atoms with Crippen LogP contribution in [0.3, 0.4) is 0 Å². The van der Waals surface area contributed by atoms with Gasteiger partial charge in [-0.2, -0.15) is 0 Å². The standard InChI is InChI=1S/C10H10N2O2/c1-12-9(13)8(11-10(12)14)7-5-3-2-4-6-7/h2-6,8H,1H3,(H,11,14)/t8-/m0/s1. The zero-order valence-corrected chi connectivity index (χ0v) is 7.73. The highest BCUT2D eigenvalue weighted by Crippen LogP contribution is 2.19. The average Bonchev–Trinajstić information content (AvgIpc) is 2.47. The fourth-order valence-electron chi connectivity index (χ4n) is 1.45. The van der Waals surface area contributed by atoms with Crippen LogP contribution in [0.1, 0.15) is 11.6 Å². The third-order valence-electron chi connectivity index (χ3n) is 2.28. The minimum absolute atomic E-state index is 0.207. The Balaban J connectivity index is 2.30. The lowest BCUT2D eigenvalue weighted by molar-refractivity contribution is -0.126. The molecule has 4 nitrogen and oxygen atoms in total. The van der Waals surface area contributed by atoms with Gasteiger partial charge in [0.2, 0.25) is 0 Å². The zero-order valence-electron chi connectivity index (χ0n) is 7.73. The first-order chi connectivity index (χ1) is 6.70. The van der Waals surface area contributed by atoms with Crippen molar-refractivity contribution >= 4 is 11.9 Å². The van der Waals surface area contributed by atoms with Gasteiger partial charge in [-0.15, -0.1) is 0 Å². The molecule has 0 saturated carbocycles. The molecule has 14 heavy (non-hydrogen) atoms. The van der Waals surface area contributed by atoms with E-state index >= 15 is 0 Å². The lowest BCUT2D eigenvalue weighted by atomic mass is 10.1. The molecule has 1 aromatic rings. The summed E-state index contributed by atoms with van der Waals surface area (Å²) in [5.74, 6) is -0.207. The highest BCUT2D eigenvalue weighted by molar-refractivity contribution is 6.04. The summed E-state index contributed by atoms with van der Waals surface area (Å²) in [5.41, 5.74) is 0.815. The van der Waals surface area contributed by atoms with E-state index in [1.54, 1.807) is 0 Å². The van der Waals surface area contributed by atoms with Crippen LogP contribution in [0.2, 0.25) is 0 Å². The maximum atomic E-state index is 11.6. The zero-order chi connectivity index (χ0) is 10.1. The molecule has 2 rings (SSSR count). The molecule has 1 aliphatic heterocycles. The van der Waals surface area contributed by atoms with E-state index in [4.69, 9.17) is 0 Å². The second-order valence-electron chi connectivity index (χ2n) is 3.19. The minimum Gasteiger partial charge on any atom is -0.322 e. The third-order valence-corrected chi connectivity index (χ3v) is 2.28. The molecule has 3 amide bonds. The third kappa shape index (κ3) is 1.25. The van der Waals surface area contributed by atoms with Crippen molar-refractivity contribution in [2.75, 3.05) is 7.05 Å². The van der Waals surface area contributed by atoms with Crippen molar-refractivity contribution in [3.05, 3.63) is 35.9 Å². The number of imide groups is 1. The smallest absolute Gasteiger partial charge is 0.322 e. The molecule has 0 aromatic heterocycles. The summed E-state index contributed by atoms with van der Waals surface area (Å²) in [6.45, 7) is 0. The first-order valence-corrected chi connectivity index (χ1v) is 4.33. The van der Waals surface area contributed by atoms with E-state index in [2.05, 4.69) is 5.32 Å². The summed E-state index contributed by atoms with van der Waals surface area (Å²) >= 11 is 0. The molecule has 0 unspecified atom stereocenters. The lowest BCUT2D eigenvalue weighted by Crippen LogP contribution is -2.25. The van der Waals surface area contributed by atoms with E-state index in [9.17, 15) is 9.59 Å². The monoisotopic (exact) mass is 190 g/mol. The number of hydrogen-bond acceptors (Lipinski definition) is 2. The molecule has 1 atom stereocenters. The SMILES string of the molecule is CN1C(=O)N[C@@H](c2ccccc2)C1=O. The largest absolute Gasteiger partial charge is 0.324 e. The molecule has 1 aliphatic rings. The number of carbonyl (C=O) groups is 2. The van der Waals surface area contributed by atoms with Gasteiger partial charge in [0, 0.05) is 7.05 Å². The molecule has 1 heterocycles. The van der Waals surface area contributed by atoms with Crippen LogP contribution >= 0.6 is 0 Å². The van der Waals surface area contributed by atoms with Crippen molar-refractivity contribution in [2.45, 2.75) is 6.04 Å². The number of hydrogen-bond donors (Lipinski definition) is 1. The molecule has 0 aliphatic carbocycles. The van der Waals surface area contributed by atoms with Crippen LogP contribution < -0.4 is 5.32 Å². The predicted molar refractivity (Wildman–Crippen MR) is 50.5 cm³/mol. The van der Waals surface area contributed by atoms with Crippen LogP contribution in [0.25, 0.3) is 0 Å². The number of nitrogens with zero attached hydrogens (tertiary/aromatic N) is 1. The van der Waals surface area contributed by atoms with Gasteiger partial charge in [0.1, 0.15) is 6.04 Å². The number of nitrogens with one attached hydrogen (secondary N) is 1. The summed E-state index contributed by atoms with van der Waals surface area (Å²) in [4.78, 5) is 23.8. The van der Waals surface area contributed by atoms with Gasteiger partial charge >= 0.3 is 6.03 Å². The summed E-state index contributed by atoms with van der Waals surface area (Å²) in [7, 11) is 1.47. The molecule has 72 valence electrons. The second-order valence-corrected chi connectivity index (χ2v) is 3.19. The van der Waals surface area contributed by atoms with Crippen molar-refractivity contribution in [3.63, 3.8) is 0 Å². The van der Waals surface area contributed by atoms with Gasteiger partial charge in [0.05, 0.1) is 0 Å². The van der Waals surface area contributed by atoms with Gasteiger partial charge in [0.25, 0.3) is 5.91 Å². The molecule has 1 fully saturated rings. The molecule has 1 aromatic carbocycles. The molecule has 1 saturated heterocycles. The highest BCUT2D eigenvalue weighted by atomic mass is 16.2.